The van der Waals surface area contributed by atoms with Crippen LogP contribution >= 0.6 is 0 Å². The van der Waals surface area contributed by atoms with Crippen molar-refractivity contribution in [3.63, 3.8) is 0 Å². The molecule has 0 radical (unpaired) electrons. The molecule has 1 aromatic carbocycles. The molecule has 4 N–H and O–H groups in total. The van der Waals surface area contributed by atoms with Crippen LogP contribution in [0.5, 0.6) is 0 Å². The summed E-state index contributed by atoms with van der Waals surface area (Å²) < 4.78 is 32.2. The van der Waals surface area contributed by atoms with E-state index < -0.39 is 34.0 Å². The number of pyridine rings is 1. The number of carbonyl (C=O) groups is 1. The molecule has 4 rings (SSSR count). The fourth-order valence-electron chi connectivity index (χ4n) is 3.88. The molecule has 160 valence electrons. The van der Waals surface area contributed by atoms with Crippen molar-refractivity contribution >= 4 is 22.6 Å². The third-order valence-electron chi connectivity index (χ3n) is 5.76. The first-order valence-corrected chi connectivity index (χ1v) is 9.50. The molecule has 8 nitrogen and oxygen atoms in total. The quantitative estimate of drug-likeness (QED) is 0.614. The summed E-state index contributed by atoms with van der Waals surface area (Å²) in [5, 5.41) is 9.04. The average molecular weight is 420 g/mol. The topological polar surface area (TPSA) is 110 Å². The lowest BCUT2D eigenvalue weighted by atomic mass is 9.89. The smallest absolute Gasteiger partial charge is 0.341 e. The van der Waals surface area contributed by atoms with Crippen molar-refractivity contribution in [2.45, 2.75) is 25.8 Å². The molecule has 1 aliphatic carbocycles. The second-order valence-corrected chi connectivity index (χ2v) is 7.97. The highest BCUT2D eigenvalue weighted by atomic mass is 19.1. The molecule has 1 aromatic heterocycles. The molecule has 0 spiro atoms. The Morgan fingerprint density at radius 2 is 2.13 bits per heavy atom. The van der Waals surface area contributed by atoms with Crippen LogP contribution in [-0.2, 0) is 4.84 Å². The van der Waals surface area contributed by atoms with Gasteiger partial charge in [-0.3, -0.25) is 15.1 Å². The minimum atomic E-state index is -1.43. The molecule has 2 aromatic rings. The molecule has 0 bridgehead atoms. The summed E-state index contributed by atoms with van der Waals surface area (Å²) >= 11 is 0. The molecule has 2 aliphatic rings. The number of benzene rings is 1. The van der Waals surface area contributed by atoms with Gasteiger partial charge in [0.05, 0.1) is 23.7 Å². The highest BCUT2D eigenvalue weighted by Crippen LogP contribution is 2.42. The van der Waals surface area contributed by atoms with Crippen molar-refractivity contribution in [1.29, 1.82) is 0 Å². The van der Waals surface area contributed by atoms with Crippen molar-refractivity contribution in [1.82, 2.24) is 10.0 Å². The molecular weight excluding hydrogens is 398 g/mol. The number of fused-ring (bicyclic) bond motifs is 1. The van der Waals surface area contributed by atoms with E-state index >= 15 is 8.78 Å². The van der Waals surface area contributed by atoms with Gasteiger partial charge in [-0.15, -0.1) is 0 Å². The third kappa shape index (κ3) is 3.03. The number of carboxylic acid groups (broad SMARTS) is 1. The second-order valence-electron chi connectivity index (χ2n) is 7.97. The molecule has 0 amide bonds. The fourth-order valence-corrected chi connectivity index (χ4v) is 3.88. The zero-order chi connectivity index (χ0) is 21.8. The molecule has 10 heteroatoms. The summed E-state index contributed by atoms with van der Waals surface area (Å²) in [6.45, 7) is 2.23. The van der Waals surface area contributed by atoms with Crippen LogP contribution in [0.15, 0.2) is 29.0 Å². The largest absolute Gasteiger partial charge is 0.477 e. The van der Waals surface area contributed by atoms with Gasteiger partial charge in [0.2, 0.25) is 5.43 Å². The maximum Gasteiger partial charge on any atom is 0.341 e. The first-order valence-electron chi connectivity index (χ1n) is 9.50. The van der Waals surface area contributed by atoms with Gasteiger partial charge in [-0.2, -0.15) is 0 Å². The van der Waals surface area contributed by atoms with E-state index in [9.17, 15) is 14.7 Å². The molecular formula is C20H22F2N4O4. The maximum absolute atomic E-state index is 15.7. The zero-order valence-corrected chi connectivity index (χ0v) is 16.5. The number of anilines is 1. The van der Waals surface area contributed by atoms with E-state index in [-0.39, 0.29) is 35.7 Å². The van der Waals surface area contributed by atoms with Gasteiger partial charge in [0.15, 0.2) is 11.6 Å². The molecule has 2 heterocycles. The lowest BCUT2D eigenvalue weighted by molar-refractivity contribution is 0.0694. The summed E-state index contributed by atoms with van der Waals surface area (Å²) in [5.41, 5.74) is 6.67. The molecule has 1 atom stereocenters. The van der Waals surface area contributed by atoms with Gasteiger partial charge in [0.1, 0.15) is 11.3 Å². The summed E-state index contributed by atoms with van der Waals surface area (Å²) in [4.78, 5) is 30.4. The Morgan fingerprint density at radius 3 is 2.70 bits per heavy atom. The first-order chi connectivity index (χ1) is 14.2. The van der Waals surface area contributed by atoms with Gasteiger partial charge in [0.25, 0.3) is 0 Å². The van der Waals surface area contributed by atoms with E-state index in [4.69, 9.17) is 10.6 Å². The Morgan fingerprint density at radius 1 is 1.43 bits per heavy atom. The maximum atomic E-state index is 15.7. The fraction of sp³-hybridized carbons (Fsp3) is 0.400. The van der Waals surface area contributed by atoms with Crippen molar-refractivity contribution < 1.29 is 23.5 Å². The Hall–Kier alpha value is -2.98. The normalized spacial score (nSPS) is 21.2. The second kappa shape index (κ2) is 7.06. The van der Waals surface area contributed by atoms with E-state index in [0.717, 1.165) is 25.1 Å². The predicted molar refractivity (Wildman–Crippen MR) is 106 cm³/mol. The number of rotatable bonds is 6. The number of hydrogen-bond acceptors (Lipinski definition) is 6. The van der Waals surface area contributed by atoms with Crippen LogP contribution in [0.1, 0.15) is 36.2 Å². The molecule has 1 aliphatic heterocycles. The monoisotopic (exact) mass is 420 g/mol. The van der Waals surface area contributed by atoms with E-state index in [1.807, 2.05) is 6.92 Å². The van der Waals surface area contributed by atoms with Crippen LogP contribution in [0.2, 0.25) is 0 Å². The number of halogens is 2. The van der Waals surface area contributed by atoms with Gasteiger partial charge in [0, 0.05) is 36.9 Å². The Bertz CT molecular complexity index is 1140. The number of hydroxylamine groups is 1. The molecule has 1 fully saturated rings. The van der Waals surface area contributed by atoms with Crippen molar-refractivity contribution in [2.75, 3.05) is 25.1 Å². The van der Waals surface area contributed by atoms with Crippen LogP contribution in [0, 0.1) is 17.0 Å². The number of aromatic carboxylic acids is 1. The van der Waals surface area contributed by atoms with Gasteiger partial charge >= 0.3 is 5.97 Å². The SMILES string of the molecule is CONC1=CN(c2c(F)cc3c(=O)c(C(=O)O)cn(C4CC4)c3c2F)CC1(C)CN. The van der Waals surface area contributed by atoms with Crippen LogP contribution in [0.3, 0.4) is 0 Å². The predicted octanol–water partition coefficient (Wildman–Crippen LogP) is 2.09. The Labute approximate surface area is 170 Å². The summed E-state index contributed by atoms with van der Waals surface area (Å²) in [6, 6.07) is 0.782. The summed E-state index contributed by atoms with van der Waals surface area (Å²) in [7, 11) is 1.42. The Balaban J connectivity index is 1.95. The lowest BCUT2D eigenvalue weighted by Crippen LogP contribution is -2.38. The van der Waals surface area contributed by atoms with Gasteiger partial charge < -0.3 is 20.3 Å². The van der Waals surface area contributed by atoms with E-state index in [1.165, 1.54) is 22.8 Å². The first kappa shape index (κ1) is 20.3. The van der Waals surface area contributed by atoms with Crippen LogP contribution < -0.4 is 21.5 Å². The number of hydrogen-bond donors (Lipinski definition) is 3. The van der Waals surface area contributed by atoms with Gasteiger partial charge in [-0.25, -0.2) is 13.6 Å². The summed E-state index contributed by atoms with van der Waals surface area (Å²) in [6.07, 6.45) is 4.12. The van der Waals surface area contributed by atoms with Crippen LogP contribution in [-0.4, -0.2) is 35.8 Å². The van der Waals surface area contributed by atoms with E-state index in [2.05, 4.69) is 5.48 Å². The zero-order valence-electron chi connectivity index (χ0n) is 16.5. The highest BCUT2D eigenvalue weighted by Gasteiger charge is 2.39. The highest BCUT2D eigenvalue weighted by molar-refractivity contribution is 5.94. The molecule has 1 saturated carbocycles. The minimum absolute atomic E-state index is 0.0973. The minimum Gasteiger partial charge on any atom is -0.477 e. The van der Waals surface area contributed by atoms with E-state index in [1.54, 1.807) is 0 Å². The number of aromatic nitrogens is 1. The van der Waals surface area contributed by atoms with E-state index in [0.29, 0.717) is 5.70 Å². The molecule has 0 saturated heterocycles. The van der Waals surface area contributed by atoms with Gasteiger partial charge in [-0.05, 0) is 18.9 Å². The standard InChI is InChI=1S/C20H22F2N4O4/c1-20(8-23)9-25(7-14(20)24-30-2)17-13(21)5-11-16(15(17)22)26(10-3-4-10)6-12(18(11)27)19(28)29/h5-7,10,24H,3-4,8-9,23H2,1-2H3,(H,28,29). The Kier molecular flexibility index (Phi) is 4.78. The van der Waals surface area contributed by atoms with Crippen molar-refractivity contribution in [3.8, 4) is 0 Å². The lowest BCUT2D eigenvalue weighted by Gasteiger charge is -2.27. The van der Waals surface area contributed by atoms with Crippen LogP contribution in [0.25, 0.3) is 10.9 Å². The molecule has 30 heavy (non-hydrogen) atoms. The van der Waals surface area contributed by atoms with Crippen LogP contribution in [0.4, 0.5) is 14.5 Å². The number of nitrogens with two attached hydrogens (primary N) is 1. The van der Waals surface area contributed by atoms with Crippen molar-refractivity contribution in [3.05, 3.63) is 51.6 Å². The number of nitrogens with one attached hydrogen (secondary N) is 1. The summed E-state index contributed by atoms with van der Waals surface area (Å²) in [5.74, 6) is -3.31. The van der Waals surface area contributed by atoms with Crippen molar-refractivity contribution in [2.24, 2.45) is 11.1 Å². The molecule has 1 unspecified atom stereocenters. The third-order valence-corrected chi connectivity index (χ3v) is 5.76. The van der Waals surface area contributed by atoms with Gasteiger partial charge in [-0.1, -0.05) is 6.92 Å². The number of nitrogens with zero attached hydrogens (tertiary/aromatic N) is 2. The number of carboxylic acids is 1. The average Bonchev–Trinajstić information content (AvgIpc) is 3.48.